The number of nitrogens with one attached hydrogen (secondary N) is 3. The summed E-state index contributed by atoms with van der Waals surface area (Å²) < 4.78 is 22.9. The van der Waals surface area contributed by atoms with Crippen LogP contribution < -0.4 is 16.2 Å². The lowest BCUT2D eigenvalue weighted by molar-refractivity contribution is -0.132. The molecule has 1 fully saturated rings. The topological polar surface area (TPSA) is 121 Å². The molecule has 1 atom stereocenters. The molecule has 0 bridgehead atoms. The van der Waals surface area contributed by atoms with Gasteiger partial charge in [0.15, 0.2) is 0 Å². The molecule has 2 rings (SSSR count). The van der Waals surface area contributed by atoms with Crippen molar-refractivity contribution in [2.75, 3.05) is 12.0 Å². The van der Waals surface area contributed by atoms with Crippen LogP contribution in [0.25, 0.3) is 0 Å². The first-order valence-electron chi connectivity index (χ1n) is 9.39. The molecule has 1 saturated carbocycles. The maximum atomic E-state index is 12.5. The lowest BCUT2D eigenvalue weighted by atomic mass is 9.89. The number of sulfone groups is 1. The third-order valence-electron chi connectivity index (χ3n) is 4.72. The summed E-state index contributed by atoms with van der Waals surface area (Å²) in [5.74, 6) is -1.81. The van der Waals surface area contributed by atoms with Crippen molar-refractivity contribution < 1.29 is 22.8 Å². The summed E-state index contributed by atoms with van der Waals surface area (Å²) in [5.41, 5.74) is 5.08. The fraction of sp³-hybridized carbons (Fsp3) is 0.526. The van der Waals surface area contributed by atoms with Crippen LogP contribution >= 0.6 is 0 Å². The number of benzene rings is 1. The molecule has 0 unspecified atom stereocenters. The van der Waals surface area contributed by atoms with Crippen LogP contribution in [-0.4, -0.2) is 44.2 Å². The van der Waals surface area contributed by atoms with Crippen molar-refractivity contribution in [3.8, 4) is 0 Å². The van der Waals surface area contributed by atoms with Crippen molar-refractivity contribution in [3.63, 3.8) is 0 Å². The molecule has 0 saturated heterocycles. The van der Waals surface area contributed by atoms with Crippen LogP contribution in [0.5, 0.6) is 0 Å². The second kappa shape index (κ2) is 10.2. The van der Waals surface area contributed by atoms with Crippen molar-refractivity contribution in [2.45, 2.75) is 44.6 Å². The van der Waals surface area contributed by atoms with Gasteiger partial charge in [0.1, 0.15) is 15.9 Å². The Morgan fingerprint density at radius 2 is 1.68 bits per heavy atom. The van der Waals surface area contributed by atoms with Crippen LogP contribution in [0.1, 0.15) is 48.9 Å². The van der Waals surface area contributed by atoms with Gasteiger partial charge in [0.2, 0.25) is 5.91 Å². The second-order valence-electron chi connectivity index (χ2n) is 7.12. The highest BCUT2D eigenvalue weighted by atomic mass is 32.2. The number of hydrazine groups is 1. The van der Waals surface area contributed by atoms with E-state index in [1.807, 2.05) is 0 Å². The van der Waals surface area contributed by atoms with Crippen molar-refractivity contribution >= 4 is 27.6 Å². The van der Waals surface area contributed by atoms with E-state index in [-0.39, 0.29) is 24.0 Å². The third-order valence-corrected chi connectivity index (χ3v) is 5.70. The smallest absolute Gasteiger partial charge is 0.260 e. The molecule has 154 valence electrons. The molecule has 0 heterocycles. The highest BCUT2D eigenvalue weighted by Crippen LogP contribution is 2.23. The maximum absolute atomic E-state index is 12.5. The molecule has 28 heavy (non-hydrogen) atoms. The Morgan fingerprint density at radius 3 is 2.29 bits per heavy atom. The number of carbonyl (C=O) groups is 3. The first-order valence-corrected chi connectivity index (χ1v) is 11.5. The van der Waals surface area contributed by atoms with E-state index in [4.69, 9.17) is 0 Å². The van der Waals surface area contributed by atoms with E-state index in [1.54, 1.807) is 30.3 Å². The summed E-state index contributed by atoms with van der Waals surface area (Å²) in [5, 5.41) is 2.54. The minimum Gasteiger partial charge on any atom is -0.340 e. The molecule has 3 amide bonds. The molecule has 0 aromatic heterocycles. The number of carbonyl (C=O) groups excluding carboxylic acids is 3. The Bertz CT molecular complexity index is 789. The van der Waals surface area contributed by atoms with Crippen LogP contribution in [-0.2, 0) is 19.4 Å². The van der Waals surface area contributed by atoms with Gasteiger partial charge in [0.25, 0.3) is 11.8 Å². The van der Waals surface area contributed by atoms with E-state index in [0.29, 0.717) is 5.56 Å². The number of amides is 3. The van der Waals surface area contributed by atoms with Crippen molar-refractivity contribution in [1.29, 1.82) is 0 Å². The normalized spacial score (nSPS) is 16.0. The van der Waals surface area contributed by atoms with Crippen molar-refractivity contribution in [2.24, 2.45) is 5.92 Å². The van der Waals surface area contributed by atoms with Gasteiger partial charge in [0, 0.05) is 17.7 Å². The Labute approximate surface area is 165 Å². The van der Waals surface area contributed by atoms with Gasteiger partial charge in [-0.05, 0) is 31.4 Å². The van der Waals surface area contributed by atoms with Gasteiger partial charge in [-0.1, -0.05) is 37.5 Å². The van der Waals surface area contributed by atoms with E-state index in [9.17, 15) is 22.8 Å². The molecule has 8 nitrogen and oxygen atoms in total. The standard InChI is InChI=1S/C19H27N3O5S/c1-28(26,27)13-12-16(20-17(23)14-8-4-2-5-9-14)19(25)22-21-18(24)15-10-6-3-7-11-15/h2,4-5,8-9,15-16H,3,6-7,10-13H2,1H3,(H,20,23)(H,21,24)(H,22,25)/t16-/m0/s1. The van der Waals surface area contributed by atoms with Crippen molar-refractivity contribution in [3.05, 3.63) is 35.9 Å². The van der Waals surface area contributed by atoms with Gasteiger partial charge in [-0.2, -0.15) is 0 Å². The van der Waals surface area contributed by atoms with Gasteiger partial charge < -0.3 is 5.32 Å². The van der Waals surface area contributed by atoms with Gasteiger partial charge >= 0.3 is 0 Å². The quantitative estimate of drug-likeness (QED) is 0.579. The molecule has 1 aromatic rings. The SMILES string of the molecule is CS(=O)(=O)CC[C@H](NC(=O)c1ccccc1)C(=O)NNC(=O)C1CCCCC1. The summed E-state index contributed by atoms with van der Waals surface area (Å²) in [7, 11) is -3.32. The fourth-order valence-corrected chi connectivity index (χ4v) is 3.77. The van der Waals surface area contributed by atoms with Crippen LogP contribution in [0, 0.1) is 5.92 Å². The zero-order chi connectivity index (χ0) is 20.6. The summed E-state index contributed by atoms with van der Waals surface area (Å²) in [6.45, 7) is 0. The number of hydrogen-bond acceptors (Lipinski definition) is 5. The van der Waals surface area contributed by atoms with Gasteiger partial charge in [-0.25, -0.2) is 8.42 Å². The lowest BCUT2D eigenvalue weighted by Crippen LogP contribution is -2.53. The summed E-state index contributed by atoms with van der Waals surface area (Å²) in [6.07, 6.45) is 5.60. The molecule has 1 aliphatic carbocycles. The molecule has 0 radical (unpaired) electrons. The fourth-order valence-electron chi connectivity index (χ4n) is 3.11. The predicted octanol–water partition coefficient (Wildman–Crippen LogP) is 0.947. The largest absolute Gasteiger partial charge is 0.340 e. The summed E-state index contributed by atoms with van der Waals surface area (Å²) >= 11 is 0. The van der Waals surface area contributed by atoms with Crippen LogP contribution in [0.2, 0.25) is 0 Å². The zero-order valence-corrected chi connectivity index (χ0v) is 16.8. The van der Waals surface area contributed by atoms with E-state index < -0.39 is 27.7 Å². The maximum Gasteiger partial charge on any atom is 0.260 e. The minimum absolute atomic E-state index is 0.0947. The van der Waals surface area contributed by atoms with E-state index in [2.05, 4.69) is 16.2 Å². The molecular weight excluding hydrogens is 382 g/mol. The zero-order valence-electron chi connectivity index (χ0n) is 15.9. The lowest BCUT2D eigenvalue weighted by Gasteiger charge is -2.22. The minimum atomic E-state index is -3.32. The van der Waals surface area contributed by atoms with E-state index in [1.165, 1.54) is 0 Å². The molecule has 9 heteroatoms. The van der Waals surface area contributed by atoms with E-state index >= 15 is 0 Å². The third kappa shape index (κ3) is 7.30. The highest BCUT2D eigenvalue weighted by Gasteiger charge is 2.25. The van der Waals surface area contributed by atoms with Gasteiger partial charge in [-0.15, -0.1) is 0 Å². The van der Waals surface area contributed by atoms with Crippen LogP contribution in [0.4, 0.5) is 0 Å². The summed E-state index contributed by atoms with van der Waals surface area (Å²) in [6, 6.07) is 7.22. The predicted molar refractivity (Wildman–Crippen MR) is 105 cm³/mol. The monoisotopic (exact) mass is 409 g/mol. The molecule has 1 aliphatic rings. The average Bonchev–Trinajstić information content (AvgIpc) is 2.69. The van der Waals surface area contributed by atoms with Crippen LogP contribution in [0.3, 0.4) is 0 Å². The first kappa shape index (κ1) is 21.9. The Kier molecular flexibility index (Phi) is 7.98. The van der Waals surface area contributed by atoms with E-state index in [0.717, 1.165) is 38.4 Å². The number of rotatable bonds is 7. The van der Waals surface area contributed by atoms with Crippen molar-refractivity contribution in [1.82, 2.24) is 16.2 Å². The Hall–Kier alpha value is -2.42. The first-order chi connectivity index (χ1) is 13.3. The molecule has 0 spiro atoms. The summed E-state index contributed by atoms with van der Waals surface area (Å²) in [4.78, 5) is 37.0. The van der Waals surface area contributed by atoms with Gasteiger partial charge in [-0.3, -0.25) is 25.2 Å². The molecular formula is C19H27N3O5S. The van der Waals surface area contributed by atoms with Crippen LogP contribution in [0.15, 0.2) is 30.3 Å². The van der Waals surface area contributed by atoms with Gasteiger partial charge in [0.05, 0.1) is 5.75 Å². The Balaban J connectivity index is 1.97. The number of hydrogen-bond donors (Lipinski definition) is 3. The average molecular weight is 410 g/mol. The highest BCUT2D eigenvalue weighted by molar-refractivity contribution is 7.90. The second-order valence-corrected chi connectivity index (χ2v) is 9.38. The Morgan fingerprint density at radius 1 is 1.04 bits per heavy atom. The molecule has 3 N–H and O–H groups in total. The molecule has 1 aromatic carbocycles. The molecule has 0 aliphatic heterocycles.